The van der Waals surface area contributed by atoms with E-state index in [1.807, 2.05) is 10.9 Å². The largest absolute Gasteiger partial charge is 0.354 e. The van der Waals surface area contributed by atoms with E-state index in [0.717, 1.165) is 51.5 Å². The molecule has 2 aromatic heterocycles. The molecular weight excluding hydrogens is 300 g/mol. The van der Waals surface area contributed by atoms with Gasteiger partial charge in [0.2, 0.25) is 0 Å². The molecule has 1 fully saturated rings. The highest BCUT2D eigenvalue weighted by atomic mass is 35.5. The summed E-state index contributed by atoms with van der Waals surface area (Å²) in [5.41, 5.74) is 1.27. The molecule has 6 nitrogen and oxygen atoms in total. The van der Waals surface area contributed by atoms with Crippen LogP contribution in [0.1, 0.15) is 18.9 Å². The molecule has 7 heteroatoms. The molecule has 3 heterocycles. The van der Waals surface area contributed by atoms with Gasteiger partial charge in [0.25, 0.3) is 0 Å². The second kappa shape index (κ2) is 7.07. The zero-order valence-corrected chi connectivity index (χ0v) is 13.6. The fraction of sp³-hybridized carbons (Fsp3) is 0.533. The Morgan fingerprint density at radius 2 is 2.09 bits per heavy atom. The third-order valence-electron chi connectivity index (χ3n) is 3.95. The smallest absolute Gasteiger partial charge is 0.150 e. The highest BCUT2D eigenvalue weighted by molar-refractivity contribution is 6.32. The van der Waals surface area contributed by atoms with Crippen molar-refractivity contribution < 1.29 is 0 Å². The lowest BCUT2D eigenvalue weighted by Crippen LogP contribution is -2.31. The topological polar surface area (TPSA) is 50.1 Å². The lowest BCUT2D eigenvalue weighted by atomic mass is 10.3. The summed E-state index contributed by atoms with van der Waals surface area (Å²) in [6, 6.07) is 0. The van der Waals surface area contributed by atoms with Gasteiger partial charge in [0, 0.05) is 51.0 Å². The van der Waals surface area contributed by atoms with Crippen LogP contribution in [0, 0.1) is 0 Å². The highest BCUT2D eigenvalue weighted by Gasteiger charge is 2.18. The van der Waals surface area contributed by atoms with Crippen molar-refractivity contribution in [3.63, 3.8) is 0 Å². The number of aromatic nitrogens is 4. The van der Waals surface area contributed by atoms with Crippen LogP contribution in [-0.4, -0.2) is 50.8 Å². The summed E-state index contributed by atoms with van der Waals surface area (Å²) in [6.07, 6.45) is 8.41. The Morgan fingerprint density at radius 1 is 1.18 bits per heavy atom. The van der Waals surface area contributed by atoms with E-state index >= 15 is 0 Å². The summed E-state index contributed by atoms with van der Waals surface area (Å²) in [5, 5.41) is 4.97. The Morgan fingerprint density at radius 3 is 2.86 bits per heavy atom. The van der Waals surface area contributed by atoms with E-state index in [1.165, 1.54) is 5.56 Å². The SMILES string of the molecule is CCn1cc(CN2CCCN(c3ncncc3Cl)CC2)cn1. The van der Waals surface area contributed by atoms with Gasteiger partial charge in [-0.05, 0) is 13.3 Å². The highest BCUT2D eigenvalue weighted by Crippen LogP contribution is 2.22. The van der Waals surface area contributed by atoms with Crippen LogP contribution >= 0.6 is 11.6 Å². The monoisotopic (exact) mass is 320 g/mol. The zero-order valence-electron chi connectivity index (χ0n) is 12.8. The van der Waals surface area contributed by atoms with Gasteiger partial charge in [-0.1, -0.05) is 11.6 Å². The average Bonchev–Trinajstić information content (AvgIpc) is 2.86. The second-order valence-corrected chi connectivity index (χ2v) is 5.92. The number of anilines is 1. The normalized spacial score (nSPS) is 16.7. The van der Waals surface area contributed by atoms with Gasteiger partial charge in [-0.3, -0.25) is 9.58 Å². The third-order valence-corrected chi connectivity index (χ3v) is 4.22. The first-order valence-corrected chi connectivity index (χ1v) is 8.08. The van der Waals surface area contributed by atoms with Crippen molar-refractivity contribution in [2.75, 3.05) is 31.1 Å². The predicted molar refractivity (Wildman–Crippen MR) is 87.1 cm³/mol. The van der Waals surface area contributed by atoms with Crippen molar-refractivity contribution in [3.8, 4) is 0 Å². The standard InChI is InChI=1S/C15H21ClN6/c1-2-22-11-13(8-19-22)10-20-4-3-5-21(7-6-20)15-14(16)9-17-12-18-15/h8-9,11-12H,2-7,10H2,1H3. The minimum atomic E-state index is 0.625. The molecule has 0 bridgehead atoms. The minimum absolute atomic E-state index is 0.625. The first-order chi connectivity index (χ1) is 10.8. The van der Waals surface area contributed by atoms with E-state index in [2.05, 4.69) is 38.0 Å². The molecule has 2 aromatic rings. The Balaban J connectivity index is 1.61. The molecule has 0 amide bonds. The van der Waals surface area contributed by atoms with Crippen molar-refractivity contribution in [2.24, 2.45) is 0 Å². The first-order valence-electron chi connectivity index (χ1n) is 7.70. The molecule has 0 spiro atoms. The molecule has 0 saturated carbocycles. The van der Waals surface area contributed by atoms with Crippen LogP contribution in [0.3, 0.4) is 0 Å². The molecule has 0 aromatic carbocycles. The molecule has 0 N–H and O–H groups in total. The predicted octanol–water partition coefficient (Wildman–Crippen LogP) is 2.06. The fourth-order valence-corrected chi connectivity index (χ4v) is 3.02. The van der Waals surface area contributed by atoms with Crippen molar-refractivity contribution in [3.05, 3.63) is 35.5 Å². The number of hydrogen-bond donors (Lipinski definition) is 0. The molecule has 0 unspecified atom stereocenters. The van der Waals surface area contributed by atoms with Crippen LogP contribution in [0.2, 0.25) is 5.02 Å². The van der Waals surface area contributed by atoms with E-state index in [-0.39, 0.29) is 0 Å². The maximum Gasteiger partial charge on any atom is 0.150 e. The van der Waals surface area contributed by atoms with Crippen LogP contribution in [0.15, 0.2) is 24.9 Å². The zero-order chi connectivity index (χ0) is 15.4. The van der Waals surface area contributed by atoms with E-state index in [9.17, 15) is 0 Å². The molecule has 118 valence electrons. The van der Waals surface area contributed by atoms with Crippen LogP contribution in [0.25, 0.3) is 0 Å². The number of nitrogens with zero attached hydrogens (tertiary/aromatic N) is 6. The number of aryl methyl sites for hydroxylation is 1. The third kappa shape index (κ3) is 3.56. The Kier molecular flexibility index (Phi) is 4.90. The summed E-state index contributed by atoms with van der Waals surface area (Å²) in [7, 11) is 0. The molecule has 22 heavy (non-hydrogen) atoms. The minimum Gasteiger partial charge on any atom is -0.354 e. The van der Waals surface area contributed by atoms with Gasteiger partial charge in [0.15, 0.2) is 5.82 Å². The molecule has 0 radical (unpaired) electrons. The van der Waals surface area contributed by atoms with E-state index < -0.39 is 0 Å². The maximum atomic E-state index is 6.20. The first kappa shape index (κ1) is 15.2. The fourth-order valence-electron chi connectivity index (χ4n) is 2.80. The summed E-state index contributed by atoms with van der Waals surface area (Å²) < 4.78 is 1.97. The van der Waals surface area contributed by atoms with Gasteiger partial charge in [0.05, 0.1) is 12.4 Å². The second-order valence-electron chi connectivity index (χ2n) is 5.52. The Hall–Kier alpha value is -1.66. The van der Waals surface area contributed by atoms with Crippen molar-refractivity contribution in [1.82, 2.24) is 24.6 Å². The van der Waals surface area contributed by atoms with Gasteiger partial charge in [0.1, 0.15) is 11.3 Å². The lowest BCUT2D eigenvalue weighted by molar-refractivity contribution is 0.285. The number of hydrogen-bond acceptors (Lipinski definition) is 5. The quantitative estimate of drug-likeness (QED) is 0.863. The Bertz CT molecular complexity index is 614. The van der Waals surface area contributed by atoms with Gasteiger partial charge >= 0.3 is 0 Å². The summed E-state index contributed by atoms with van der Waals surface area (Å²) in [4.78, 5) is 13.0. The molecular formula is C15H21ClN6. The van der Waals surface area contributed by atoms with Gasteiger partial charge in [-0.2, -0.15) is 5.10 Å². The molecule has 3 rings (SSSR count). The van der Waals surface area contributed by atoms with E-state index in [4.69, 9.17) is 11.6 Å². The molecule has 1 saturated heterocycles. The Labute approximate surface area is 135 Å². The average molecular weight is 321 g/mol. The maximum absolute atomic E-state index is 6.20. The summed E-state index contributed by atoms with van der Waals surface area (Å²) in [6.45, 7) is 7.95. The summed E-state index contributed by atoms with van der Waals surface area (Å²) in [5.74, 6) is 0.845. The molecule has 0 atom stereocenters. The van der Waals surface area contributed by atoms with E-state index in [0.29, 0.717) is 5.02 Å². The van der Waals surface area contributed by atoms with Gasteiger partial charge in [-0.15, -0.1) is 0 Å². The number of halogens is 1. The number of rotatable bonds is 4. The molecule has 1 aliphatic heterocycles. The van der Waals surface area contributed by atoms with Crippen molar-refractivity contribution in [1.29, 1.82) is 0 Å². The van der Waals surface area contributed by atoms with Crippen molar-refractivity contribution >= 4 is 17.4 Å². The van der Waals surface area contributed by atoms with Crippen LogP contribution in [0.5, 0.6) is 0 Å². The van der Waals surface area contributed by atoms with Crippen LogP contribution in [0.4, 0.5) is 5.82 Å². The molecule has 1 aliphatic rings. The lowest BCUT2D eigenvalue weighted by Gasteiger charge is -2.23. The van der Waals surface area contributed by atoms with Gasteiger partial charge in [-0.25, -0.2) is 9.97 Å². The summed E-state index contributed by atoms with van der Waals surface area (Å²) >= 11 is 6.20. The van der Waals surface area contributed by atoms with Crippen molar-refractivity contribution in [2.45, 2.75) is 26.4 Å². The van der Waals surface area contributed by atoms with E-state index in [1.54, 1.807) is 12.5 Å². The van der Waals surface area contributed by atoms with Gasteiger partial charge < -0.3 is 4.90 Å². The molecule has 0 aliphatic carbocycles. The van der Waals surface area contributed by atoms with Crippen LogP contribution in [-0.2, 0) is 13.1 Å². The van der Waals surface area contributed by atoms with Crippen LogP contribution < -0.4 is 4.90 Å².